The summed E-state index contributed by atoms with van der Waals surface area (Å²) in [6.45, 7) is 9.06. The smallest absolute Gasteiger partial charge is 0.320 e. The van der Waals surface area contributed by atoms with Crippen molar-refractivity contribution in [2.24, 2.45) is 5.41 Å². The predicted molar refractivity (Wildman–Crippen MR) is 64.8 cm³/mol. The summed E-state index contributed by atoms with van der Waals surface area (Å²) < 4.78 is 0. The standard InChI is InChI=1S/C12H22N2O3/c1-5-14(9(2)3)11(17)13-7-6-12(4,8-13)10(15)16/h9H,5-8H2,1-4H3,(H,15,16). The van der Waals surface area contributed by atoms with Gasteiger partial charge in [-0.3, -0.25) is 4.79 Å². The molecule has 5 nitrogen and oxygen atoms in total. The maximum atomic E-state index is 12.2. The number of carboxylic acid groups (broad SMARTS) is 1. The summed E-state index contributed by atoms with van der Waals surface area (Å²) in [7, 11) is 0. The first kappa shape index (κ1) is 13.8. The zero-order chi connectivity index (χ0) is 13.2. The number of rotatable bonds is 3. The van der Waals surface area contributed by atoms with Crippen molar-refractivity contribution in [1.82, 2.24) is 9.80 Å². The molecule has 1 saturated heterocycles. The molecular formula is C12H22N2O3. The van der Waals surface area contributed by atoms with E-state index in [1.807, 2.05) is 20.8 Å². The number of nitrogens with zero attached hydrogens (tertiary/aromatic N) is 2. The molecule has 17 heavy (non-hydrogen) atoms. The predicted octanol–water partition coefficient (Wildman–Crippen LogP) is 1.63. The molecule has 1 unspecified atom stereocenters. The summed E-state index contributed by atoms with van der Waals surface area (Å²) in [5.41, 5.74) is -0.786. The summed E-state index contributed by atoms with van der Waals surface area (Å²) in [4.78, 5) is 26.7. The lowest BCUT2D eigenvalue weighted by atomic mass is 9.90. The highest BCUT2D eigenvalue weighted by molar-refractivity contribution is 5.79. The quantitative estimate of drug-likeness (QED) is 0.818. The van der Waals surface area contributed by atoms with Gasteiger partial charge < -0.3 is 14.9 Å². The Labute approximate surface area is 102 Å². The van der Waals surface area contributed by atoms with Crippen LogP contribution in [-0.2, 0) is 4.79 Å². The van der Waals surface area contributed by atoms with Crippen molar-refractivity contribution in [2.45, 2.75) is 40.2 Å². The average molecular weight is 242 g/mol. The van der Waals surface area contributed by atoms with E-state index in [1.165, 1.54) is 0 Å². The molecule has 98 valence electrons. The van der Waals surface area contributed by atoms with Gasteiger partial charge in [0.05, 0.1) is 5.41 Å². The van der Waals surface area contributed by atoms with Crippen LogP contribution in [0.2, 0.25) is 0 Å². The normalized spacial score (nSPS) is 24.2. The largest absolute Gasteiger partial charge is 0.481 e. The summed E-state index contributed by atoms with van der Waals surface area (Å²) in [6, 6.07) is 0.0941. The van der Waals surface area contributed by atoms with Gasteiger partial charge >= 0.3 is 12.0 Å². The fraction of sp³-hybridized carbons (Fsp3) is 0.833. The van der Waals surface area contributed by atoms with Crippen molar-refractivity contribution in [3.05, 3.63) is 0 Å². The molecule has 2 amide bonds. The van der Waals surface area contributed by atoms with Crippen LogP contribution < -0.4 is 0 Å². The van der Waals surface area contributed by atoms with E-state index in [0.717, 1.165) is 0 Å². The lowest BCUT2D eigenvalue weighted by Gasteiger charge is -2.30. The molecule has 1 fully saturated rings. The van der Waals surface area contributed by atoms with Gasteiger partial charge in [0, 0.05) is 25.7 Å². The fourth-order valence-corrected chi connectivity index (χ4v) is 2.20. The van der Waals surface area contributed by atoms with Crippen LogP contribution in [0.5, 0.6) is 0 Å². The van der Waals surface area contributed by atoms with E-state index in [1.54, 1.807) is 16.7 Å². The summed E-state index contributed by atoms with van der Waals surface area (Å²) in [5.74, 6) is -0.819. The van der Waals surface area contributed by atoms with Crippen molar-refractivity contribution in [3.63, 3.8) is 0 Å². The van der Waals surface area contributed by atoms with Crippen LogP contribution in [0.4, 0.5) is 4.79 Å². The molecular weight excluding hydrogens is 220 g/mol. The Balaban J connectivity index is 2.71. The van der Waals surface area contributed by atoms with Gasteiger partial charge in [-0.1, -0.05) is 0 Å². The third kappa shape index (κ3) is 2.70. The molecule has 0 aromatic rings. The molecule has 0 radical (unpaired) electrons. The Bertz CT molecular complexity index is 317. The number of carbonyl (C=O) groups excluding carboxylic acids is 1. The maximum absolute atomic E-state index is 12.2. The Morgan fingerprint density at radius 3 is 2.41 bits per heavy atom. The first-order valence-corrected chi connectivity index (χ1v) is 6.10. The summed E-state index contributed by atoms with van der Waals surface area (Å²) in [5, 5.41) is 9.13. The minimum Gasteiger partial charge on any atom is -0.481 e. The van der Waals surface area contributed by atoms with Crippen LogP contribution in [0, 0.1) is 5.41 Å². The number of likely N-dealkylation sites (tertiary alicyclic amines) is 1. The molecule has 1 heterocycles. The molecule has 1 aliphatic rings. The van der Waals surface area contributed by atoms with Gasteiger partial charge in [-0.2, -0.15) is 0 Å². The fourth-order valence-electron chi connectivity index (χ4n) is 2.20. The highest BCUT2D eigenvalue weighted by Gasteiger charge is 2.43. The van der Waals surface area contributed by atoms with E-state index in [-0.39, 0.29) is 12.1 Å². The molecule has 1 N–H and O–H groups in total. The van der Waals surface area contributed by atoms with Gasteiger partial charge in [0.2, 0.25) is 0 Å². The molecule has 1 atom stereocenters. The molecule has 0 saturated carbocycles. The van der Waals surface area contributed by atoms with Crippen molar-refractivity contribution in [2.75, 3.05) is 19.6 Å². The van der Waals surface area contributed by atoms with Crippen LogP contribution in [-0.4, -0.2) is 52.6 Å². The summed E-state index contributed by atoms with van der Waals surface area (Å²) >= 11 is 0. The lowest BCUT2D eigenvalue weighted by molar-refractivity contribution is -0.147. The minimum absolute atomic E-state index is 0.0486. The third-order valence-electron chi connectivity index (χ3n) is 3.47. The number of amides is 2. The van der Waals surface area contributed by atoms with Gasteiger partial charge in [0.1, 0.15) is 0 Å². The number of aliphatic carboxylic acids is 1. The Kier molecular flexibility index (Phi) is 4.01. The third-order valence-corrected chi connectivity index (χ3v) is 3.47. The Hall–Kier alpha value is -1.26. The van der Waals surface area contributed by atoms with Gasteiger partial charge in [0.25, 0.3) is 0 Å². The average Bonchev–Trinajstić information content (AvgIpc) is 2.62. The second kappa shape index (κ2) is 4.94. The molecule has 0 aromatic heterocycles. The van der Waals surface area contributed by atoms with E-state index in [4.69, 9.17) is 5.11 Å². The van der Waals surface area contributed by atoms with E-state index >= 15 is 0 Å². The lowest BCUT2D eigenvalue weighted by Crippen LogP contribution is -2.46. The number of hydrogen-bond acceptors (Lipinski definition) is 2. The Morgan fingerprint density at radius 1 is 1.47 bits per heavy atom. The topological polar surface area (TPSA) is 60.9 Å². The molecule has 0 aromatic carbocycles. The first-order valence-electron chi connectivity index (χ1n) is 6.10. The zero-order valence-electron chi connectivity index (χ0n) is 11.1. The molecule has 5 heteroatoms. The SMILES string of the molecule is CCN(C(=O)N1CCC(C)(C(=O)O)C1)C(C)C. The van der Waals surface area contributed by atoms with Crippen molar-refractivity contribution in [3.8, 4) is 0 Å². The molecule has 1 rings (SSSR count). The number of carbonyl (C=O) groups is 2. The van der Waals surface area contributed by atoms with Crippen molar-refractivity contribution in [1.29, 1.82) is 0 Å². The minimum atomic E-state index is -0.819. The van der Waals surface area contributed by atoms with Crippen LogP contribution in [0.25, 0.3) is 0 Å². The van der Waals surface area contributed by atoms with Crippen LogP contribution in [0.15, 0.2) is 0 Å². The van der Waals surface area contributed by atoms with Crippen molar-refractivity contribution >= 4 is 12.0 Å². The Morgan fingerprint density at radius 2 is 2.06 bits per heavy atom. The van der Waals surface area contributed by atoms with Crippen LogP contribution in [0.3, 0.4) is 0 Å². The zero-order valence-corrected chi connectivity index (χ0v) is 11.1. The van der Waals surface area contributed by atoms with Crippen molar-refractivity contribution < 1.29 is 14.7 Å². The van der Waals surface area contributed by atoms with E-state index in [9.17, 15) is 9.59 Å². The molecule has 0 bridgehead atoms. The van der Waals surface area contributed by atoms with Crippen LogP contribution >= 0.6 is 0 Å². The number of hydrogen-bond donors (Lipinski definition) is 1. The number of carboxylic acids is 1. The monoisotopic (exact) mass is 242 g/mol. The van der Waals surface area contributed by atoms with E-state index in [2.05, 4.69) is 0 Å². The second-order valence-electron chi connectivity index (χ2n) is 5.20. The maximum Gasteiger partial charge on any atom is 0.320 e. The van der Waals surface area contributed by atoms with E-state index < -0.39 is 11.4 Å². The molecule has 1 aliphatic heterocycles. The highest BCUT2D eigenvalue weighted by atomic mass is 16.4. The molecule has 0 aliphatic carbocycles. The first-order chi connectivity index (χ1) is 7.81. The number of urea groups is 1. The van der Waals surface area contributed by atoms with E-state index in [0.29, 0.717) is 26.1 Å². The van der Waals surface area contributed by atoms with Crippen LogP contribution in [0.1, 0.15) is 34.1 Å². The second-order valence-corrected chi connectivity index (χ2v) is 5.20. The molecule has 0 spiro atoms. The highest BCUT2D eigenvalue weighted by Crippen LogP contribution is 2.30. The van der Waals surface area contributed by atoms with Gasteiger partial charge in [-0.05, 0) is 34.1 Å². The van der Waals surface area contributed by atoms with Gasteiger partial charge in [-0.25, -0.2) is 4.79 Å². The van der Waals surface area contributed by atoms with Gasteiger partial charge in [0.15, 0.2) is 0 Å². The van der Waals surface area contributed by atoms with Gasteiger partial charge in [-0.15, -0.1) is 0 Å². The summed E-state index contributed by atoms with van der Waals surface area (Å²) in [6.07, 6.45) is 0.531.